The second-order valence-electron chi connectivity index (χ2n) is 9.82. The second kappa shape index (κ2) is 7.32. The SMILES string of the molecule is CC[C@]1(c2cccc(-c3ccnc4cnccc34)c2)C2=CN=NC2NC2=C1C(=O)NC(C)(C)C2. The van der Waals surface area contributed by atoms with E-state index >= 15 is 0 Å². The van der Waals surface area contributed by atoms with Crippen LogP contribution in [0.5, 0.6) is 0 Å². The minimum absolute atomic E-state index is 0.0299. The van der Waals surface area contributed by atoms with Crippen molar-refractivity contribution in [1.29, 1.82) is 0 Å². The molecule has 0 radical (unpaired) electrons. The number of nitrogens with one attached hydrogen (secondary N) is 2. The van der Waals surface area contributed by atoms with E-state index in [9.17, 15) is 4.79 Å². The standard InChI is InChI=1S/C27H26N6O/c1-4-27(20-14-30-33-24(20)31-21-13-26(2,3)32-25(34)23(21)27)17-7-5-6-16(12-17)18-9-11-29-22-15-28-10-8-19(18)22/h5-12,14-15,24,31H,4,13H2,1-3H3,(H,32,34)/t24?,27-/m0/s1. The Balaban J connectivity index is 1.59. The number of fused-ring (bicyclic) bond motifs is 2. The minimum Gasteiger partial charge on any atom is -0.362 e. The van der Waals surface area contributed by atoms with Gasteiger partial charge in [-0.05, 0) is 55.2 Å². The van der Waals surface area contributed by atoms with E-state index in [2.05, 4.69) is 75.9 Å². The average Bonchev–Trinajstić information content (AvgIpc) is 3.30. The highest BCUT2D eigenvalue weighted by molar-refractivity contribution is 6.00. The number of hydrogen-bond acceptors (Lipinski definition) is 6. The summed E-state index contributed by atoms with van der Waals surface area (Å²) in [5.41, 5.74) is 5.90. The van der Waals surface area contributed by atoms with Gasteiger partial charge >= 0.3 is 0 Å². The summed E-state index contributed by atoms with van der Waals surface area (Å²) in [7, 11) is 0. The first-order valence-corrected chi connectivity index (χ1v) is 11.7. The number of amides is 1. The monoisotopic (exact) mass is 450 g/mol. The van der Waals surface area contributed by atoms with E-state index < -0.39 is 5.41 Å². The maximum Gasteiger partial charge on any atom is 0.250 e. The van der Waals surface area contributed by atoms with Crippen molar-refractivity contribution in [3.05, 3.63) is 83.6 Å². The van der Waals surface area contributed by atoms with E-state index in [4.69, 9.17) is 0 Å². The van der Waals surface area contributed by atoms with Crippen LogP contribution in [0, 0.1) is 0 Å². The van der Waals surface area contributed by atoms with E-state index in [0.29, 0.717) is 0 Å². The Morgan fingerprint density at radius 2 is 2.03 bits per heavy atom. The van der Waals surface area contributed by atoms with E-state index in [0.717, 1.165) is 57.3 Å². The molecule has 6 rings (SSSR count). The first kappa shape index (κ1) is 20.7. The lowest BCUT2D eigenvalue weighted by Gasteiger charge is -2.48. The summed E-state index contributed by atoms with van der Waals surface area (Å²) in [4.78, 5) is 22.3. The molecule has 0 saturated heterocycles. The van der Waals surface area contributed by atoms with Gasteiger partial charge in [0.25, 0.3) is 5.91 Å². The molecule has 7 heteroatoms. The van der Waals surface area contributed by atoms with Crippen LogP contribution >= 0.6 is 0 Å². The van der Waals surface area contributed by atoms with Gasteiger partial charge in [-0.1, -0.05) is 25.1 Å². The molecule has 2 atom stereocenters. The third-order valence-corrected chi connectivity index (χ3v) is 7.25. The van der Waals surface area contributed by atoms with Crippen molar-refractivity contribution in [2.24, 2.45) is 10.2 Å². The molecule has 1 aromatic carbocycles. The summed E-state index contributed by atoms with van der Waals surface area (Å²) in [6.07, 6.45) is 8.41. The quantitative estimate of drug-likeness (QED) is 0.601. The zero-order valence-corrected chi connectivity index (χ0v) is 19.5. The summed E-state index contributed by atoms with van der Waals surface area (Å²) in [5.74, 6) is -0.0299. The van der Waals surface area contributed by atoms with Crippen LogP contribution in [0.1, 0.15) is 39.2 Å². The van der Waals surface area contributed by atoms with Crippen molar-refractivity contribution in [3.63, 3.8) is 0 Å². The van der Waals surface area contributed by atoms with Crippen molar-refractivity contribution >= 4 is 16.8 Å². The van der Waals surface area contributed by atoms with Crippen molar-refractivity contribution < 1.29 is 4.79 Å². The normalized spacial score (nSPS) is 24.9. The lowest BCUT2D eigenvalue weighted by atomic mass is 9.62. The van der Waals surface area contributed by atoms with Crippen molar-refractivity contribution in [2.75, 3.05) is 0 Å². The number of rotatable bonds is 3. The van der Waals surface area contributed by atoms with Gasteiger partial charge in [-0.2, -0.15) is 10.2 Å². The van der Waals surface area contributed by atoms with Gasteiger partial charge in [0.1, 0.15) is 0 Å². The van der Waals surface area contributed by atoms with Crippen LogP contribution < -0.4 is 10.6 Å². The average molecular weight is 451 g/mol. The number of carbonyl (C=O) groups excluding carboxylic acids is 1. The van der Waals surface area contributed by atoms with Crippen molar-refractivity contribution in [2.45, 2.75) is 50.7 Å². The molecule has 3 aliphatic heterocycles. The van der Waals surface area contributed by atoms with Gasteiger partial charge in [-0.15, -0.1) is 0 Å². The number of pyridine rings is 2. The van der Waals surface area contributed by atoms with Crippen LogP contribution in [0.4, 0.5) is 0 Å². The Kier molecular flexibility index (Phi) is 4.46. The largest absolute Gasteiger partial charge is 0.362 e. The van der Waals surface area contributed by atoms with Gasteiger partial charge < -0.3 is 10.6 Å². The molecule has 2 aromatic heterocycles. The molecular formula is C27H26N6O. The van der Waals surface area contributed by atoms with Crippen molar-refractivity contribution in [3.8, 4) is 11.1 Å². The number of hydrogen-bond donors (Lipinski definition) is 2. The molecule has 0 fully saturated rings. The minimum atomic E-state index is -0.615. The van der Waals surface area contributed by atoms with Crippen LogP contribution in [-0.2, 0) is 10.2 Å². The zero-order chi connectivity index (χ0) is 23.5. The first-order chi connectivity index (χ1) is 16.4. The molecular weight excluding hydrogens is 424 g/mol. The number of azo groups is 1. The van der Waals surface area contributed by atoms with E-state index in [-0.39, 0.29) is 17.6 Å². The van der Waals surface area contributed by atoms with E-state index in [1.165, 1.54) is 0 Å². The topological polar surface area (TPSA) is 91.6 Å². The van der Waals surface area contributed by atoms with Gasteiger partial charge in [0.15, 0.2) is 6.17 Å². The second-order valence-corrected chi connectivity index (χ2v) is 9.82. The van der Waals surface area contributed by atoms with Gasteiger partial charge in [0, 0.05) is 41.0 Å². The van der Waals surface area contributed by atoms with E-state index in [1.807, 2.05) is 24.5 Å². The highest BCUT2D eigenvalue weighted by Crippen LogP contribution is 2.51. The van der Waals surface area contributed by atoms with Crippen LogP contribution in [0.3, 0.4) is 0 Å². The molecule has 1 amide bonds. The molecule has 5 heterocycles. The Morgan fingerprint density at radius 1 is 1.15 bits per heavy atom. The fourth-order valence-electron chi connectivity index (χ4n) is 5.81. The number of benzene rings is 1. The van der Waals surface area contributed by atoms with Gasteiger partial charge in [-0.25, -0.2) is 0 Å². The first-order valence-electron chi connectivity index (χ1n) is 11.7. The fourth-order valence-corrected chi connectivity index (χ4v) is 5.81. The van der Waals surface area contributed by atoms with Gasteiger partial charge in [0.2, 0.25) is 0 Å². The van der Waals surface area contributed by atoms with Crippen LogP contribution in [-0.4, -0.2) is 27.6 Å². The Hall–Kier alpha value is -3.87. The third kappa shape index (κ3) is 2.93. The van der Waals surface area contributed by atoms with Crippen LogP contribution in [0.25, 0.3) is 22.0 Å². The summed E-state index contributed by atoms with van der Waals surface area (Å²) < 4.78 is 0. The number of aromatic nitrogens is 2. The zero-order valence-electron chi connectivity index (χ0n) is 19.5. The fraction of sp³-hybridized carbons (Fsp3) is 0.296. The molecule has 0 spiro atoms. The maximum absolute atomic E-state index is 13.6. The lowest BCUT2D eigenvalue weighted by Crippen LogP contribution is -2.58. The third-order valence-electron chi connectivity index (χ3n) is 7.25. The number of carbonyl (C=O) groups is 1. The van der Waals surface area contributed by atoms with Crippen LogP contribution in [0.2, 0.25) is 0 Å². The highest BCUT2D eigenvalue weighted by Gasteiger charge is 2.53. The predicted molar refractivity (Wildman–Crippen MR) is 131 cm³/mol. The van der Waals surface area contributed by atoms with Gasteiger partial charge in [-0.3, -0.25) is 14.8 Å². The Bertz CT molecular complexity index is 1430. The van der Waals surface area contributed by atoms with E-state index in [1.54, 1.807) is 12.4 Å². The highest BCUT2D eigenvalue weighted by atomic mass is 16.2. The molecule has 170 valence electrons. The van der Waals surface area contributed by atoms with Crippen molar-refractivity contribution in [1.82, 2.24) is 20.6 Å². The smallest absolute Gasteiger partial charge is 0.250 e. The summed E-state index contributed by atoms with van der Waals surface area (Å²) in [5, 5.41) is 16.5. The molecule has 1 unspecified atom stereocenters. The summed E-state index contributed by atoms with van der Waals surface area (Å²) >= 11 is 0. The lowest BCUT2D eigenvalue weighted by molar-refractivity contribution is -0.120. The summed E-state index contributed by atoms with van der Waals surface area (Å²) in [6.45, 7) is 6.24. The maximum atomic E-state index is 13.6. The van der Waals surface area contributed by atoms with Crippen LogP contribution in [0.15, 0.2) is 88.3 Å². The number of nitrogens with zero attached hydrogens (tertiary/aromatic N) is 4. The van der Waals surface area contributed by atoms with Gasteiger partial charge in [0.05, 0.1) is 28.9 Å². The summed E-state index contributed by atoms with van der Waals surface area (Å²) in [6, 6.07) is 12.5. The Labute approximate surface area is 198 Å². The molecule has 3 aromatic rings. The molecule has 2 N–H and O–H groups in total. The molecule has 0 aliphatic carbocycles. The Morgan fingerprint density at radius 3 is 2.88 bits per heavy atom. The molecule has 34 heavy (non-hydrogen) atoms. The molecule has 0 bridgehead atoms. The molecule has 7 nitrogen and oxygen atoms in total. The molecule has 0 saturated carbocycles. The molecule has 3 aliphatic rings. The predicted octanol–water partition coefficient (Wildman–Crippen LogP) is 4.78.